The molecular weight excluding hydrogens is 332 g/mol. The van der Waals surface area contributed by atoms with Gasteiger partial charge in [0.05, 0.1) is 33.3 Å². The molecule has 1 aliphatic rings. The Labute approximate surface area is 133 Å². The van der Waals surface area contributed by atoms with E-state index in [0.717, 1.165) is 48.9 Å². The fraction of sp³-hybridized carbons (Fsp3) is 0.375. The minimum Gasteiger partial charge on any atom is -0.497 e. The Morgan fingerprint density at radius 3 is 2.43 bits per heavy atom. The summed E-state index contributed by atoms with van der Waals surface area (Å²) in [4.78, 5) is 4.00. The van der Waals surface area contributed by atoms with Gasteiger partial charge in [-0.15, -0.1) is 0 Å². The van der Waals surface area contributed by atoms with Crippen LogP contribution in [0.4, 0.5) is 5.69 Å². The minimum absolute atomic E-state index is 0.814. The van der Waals surface area contributed by atoms with Crippen molar-refractivity contribution >= 4 is 21.6 Å². The summed E-state index contributed by atoms with van der Waals surface area (Å²) in [6.45, 7) is 5.36. The number of furan rings is 1. The first-order valence-corrected chi connectivity index (χ1v) is 8.00. The van der Waals surface area contributed by atoms with Crippen molar-refractivity contribution in [1.82, 2.24) is 0 Å². The van der Waals surface area contributed by atoms with Gasteiger partial charge in [-0.1, -0.05) is 0 Å². The molecule has 0 aliphatic carbocycles. The molecule has 0 saturated carbocycles. The minimum atomic E-state index is 0.814. The van der Waals surface area contributed by atoms with Gasteiger partial charge in [0, 0.05) is 5.69 Å². The fourth-order valence-electron chi connectivity index (χ4n) is 2.74. The molecule has 1 aromatic carbocycles. The predicted octanol–water partition coefficient (Wildman–Crippen LogP) is 1.96. The first kappa shape index (κ1) is 14.5. The third-order valence-corrected chi connectivity index (χ3v) is 4.39. The summed E-state index contributed by atoms with van der Waals surface area (Å²) in [5, 5.41) is 0. The van der Waals surface area contributed by atoms with Crippen LogP contribution >= 0.6 is 15.9 Å². The summed E-state index contributed by atoms with van der Waals surface area (Å²) >= 11 is 3.35. The van der Waals surface area contributed by atoms with Crippen molar-refractivity contribution in [2.75, 3.05) is 38.2 Å². The van der Waals surface area contributed by atoms with Gasteiger partial charge in [0.2, 0.25) is 0 Å². The van der Waals surface area contributed by atoms with E-state index < -0.39 is 0 Å². The van der Waals surface area contributed by atoms with Gasteiger partial charge < -0.3 is 19.0 Å². The van der Waals surface area contributed by atoms with Crippen molar-refractivity contribution in [3.8, 4) is 5.75 Å². The molecule has 0 bridgehead atoms. The molecule has 3 rings (SSSR count). The third-order valence-electron chi connectivity index (χ3n) is 3.96. The number of benzene rings is 1. The van der Waals surface area contributed by atoms with Crippen molar-refractivity contribution in [1.29, 1.82) is 0 Å². The van der Waals surface area contributed by atoms with Crippen LogP contribution in [0.3, 0.4) is 0 Å². The molecule has 2 aromatic rings. The molecule has 0 unspecified atom stereocenters. The summed E-state index contributed by atoms with van der Waals surface area (Å²) in [7, 11) is 1.70. The van der Waals surface area contributed by atoms with Gasteiger partial charge in [-0.05, 0) is 52.3 Å². The Hall–Kier alpha value is -1.46. The van der Waals surface area contributed by atoms with Crippen LogP contribution in [0.5, 0.6) is 5.75 Å². The van der Waals surface area contributed by atoms with Gasteiger partial charge >= 0.3 is 0 Å². The Bertz CT molecular complexity index is 574. The maximum atomic E-state index is 5.59. The summed E-state index contributed by atoms with van der Waals surface area (Å²) in [6.07, 6.45) is 0. The molecule has 1 saturated heterocycles. The van der Waals surface area contributed by atoms with Crippen LogP contribution in [0.2, 0.25) is 0 Å². The lowest BCUT2D eigenvalue weighted by Gasteiger charge is -2.33. The van der Waals surface area contributed by atoms with Crippen LogP contribution in [0.25, 0.3) is 0 Å². The van der Waals surface area contributed by atoms with E-state index in [4.69, 9.17) is 9.15 Å². The van der Waals surface area contributed by atoms with Crippen molar-refractivity contribution in [3.63, 3.8) is 0 Å². The Kier molecular flexibility index (Phi) is 4.51. The van der Waals surface area contributed by atoms with Gasteiger partial charge in [-0.2, -0.15) is 0 Å². The lowest BCUT2D eigenvalue weighted by atomic mass is 10.2. The van der Waals surface area contributed by atoms with Crippen LogP contribution in [0, 0.1) is 0 Å². The van der Waals surface area contributed by atoms with Crippen LogP contribution in [0.1, 0.15) is 5.76 Å². The number of hydrogen-bond acceptors (Lipinski definition) is 3. The standard InChI is InChI=1S/C16H19BrN2O2/c1-20-14-4-2-13(3-5-14)19-10-8-18(9-11-19)12-15-6-7-16(17)21-15/h2-7H,8-12H2,1H3/p+1. The van der Waals surface area contributed by atoms with Crippen LogP contribution in [-0.2, 0) is 6.54 Å². The van der Waals surface area contributed by atoms with E-state index in [1.165, 1.54) is 5.69 Å². The van der Waals surface area contributed by atoms with Crippen LogP contribution in [-0.4, -0.2) is 33.3 Å². The molecule has 0 amide bonds. The average molecular weight is 352 g/mol. The second-order valence-electron chi connectivity index (χ2n) is 5.32. The first-order valence-electron chi connectivity index (χ1n) is 7.21. The zero-order valence-corrected chi connectivity index (χ0v) is 13.7. The van der Waals surface area contributed by atoms with Crippen molar-refractivity contribution < 1.29 is 14.1 Å². The Morgan fingerprint density at radius 1 is 1.14 bits per heavy atom. The molecule has 1 aromatic heterocycles. The largest absolute Gasteiger partial charge is 0.497 e. The van der Waals surface area contributed by atoms with E-state index in [1.807, 2.05) is 24.3 Å². The van der Waals surface area contributed by atoms with Crippen molar-refractivity contribution in [2.45, 2.75) is 6.54 Å². The lowest BCUT2D eigenvalue weighted by Crippen LogP contribution is -3.13. The molecule has 0 spiro atoms. The highest BCUT2D eigenvalue weighted by molar-refractivity contribution is 9.10. The zero-order chi connectivity index (χ0) is 14.7. The van der Waals surface area contributed by atoms with E-state index in [1.54, 1.807) is 12.0 Å². The predicted molar refractivity (Wildman–Crippen MR) is 86.0 cm³/mol. The molecule has 5 heteroatoms. The normalized spacial score (nSPS) is 16.2. The van der Waals surface area contributed by atoms with E-state index in [2.05, 4.69) is 33.0 Å². The SMILES string of the molecule is COc1ccc(N2CC[NH+](Cc3ccc(Br)o3)CC2)cc1. The maximum absolute atomic E-state index is 5.59. The van der Waals surface area contributed by atoms with Crippen molar-refractivity contribution in [3.05, 3.63) is 46.8 Å². The zero-order valence-electron chi connectivity index (χ0n) is 12.1. The van der Waals surface area contributed by atoms with E-state index in [0.29, 0.717) is 0 Å². The summed E-state index contributed by atoms with van der Waals surface area (Å²) < 4.78 is 11.6. The molecule has 0 radical (unpaired) electrons. The number of nitrogens with zero attached hydrogens (tertiary/aromatic N) is 1. The fourth-order valence-corrected chi connectivity index (χ4v) is 3.08. The summed E-state index contributed by atoms with van der Waals surface area (Å²) in [5.41, 5.74) is 1.27. The highest BCUT2D eigenvalue weighted by Crippen LogP contribution is 2.19. The van der Waals surface area contributed by atoms with Gasteiger partial charge in [0.15, 0.2) is 10.4 Å². The lowest BCUT2D eigenvalue weighted by molar-refractivity contribution is -0.915. The Morgan fingerprint density at radius 2 is 1.86 bits per heavy atom. The molecule has 112 valence electrons. The molecule has 4 nitrogen and oxygen atoms in total. The van der Waals surface area contributed by atoms with E-state index >= 15 is 0 Å². The Balaban J connectivity index is 1.54. The molecule has 1 fully saturated rings. The van der Waals surface area contributed by atoms with Gasteiger partial charge in [0.25, 0.3) is 0 Å². The van der Waals surface area contributed by atoms with Crippen LogP contribution in [0.15, 0.2) is 45.5 Å². The molecule has 21 heavy (non-hydrogen) atoms. The second kappa shape index (κ2) is 6.54. The number of hydrogen-bond donors (Lipinski definition) is 1. The average Bonchev–Trinajstić information content (AvgIpc) is 2.93. The van der Waals surface area contributed by atoms with Crippen molar-refractivity contribution in [2.24, 2.45) is 0 Å². The number of rotatable bonds is 4. The molecule has 1 aliphatic heterocycles. The highest BCUT2D eigenvalue weighted by Gasteiger charge is 2.21. The number of nitrogens with one attached hydrogen (secondary N) is 1. The number of halogens is 1. The number of methoxy groups -OCH3 is 1. The van der Waals surface area contributed by atoms with E-state index in [9.17, 15) is 0 Å². The number of piperazine rings is 1. The van der Waals surface area contributed by atoms with E-state index in [-0.39, 0.29) is 0 Å². The second-order valence-corrected chi connectivity index (χ2v) is 6.10. The van der Waals surface area contributed by atoms with Crippen LogP contribution < -0.4 is 14.5 Å². The molecular formula is C16H20BrN2O2+. The van der Waals surface area contributed by atoms with Gasteiger partial charge in [-0.3, -0.25) is 0 Å². The topological polar surface area (TPSA) is 30.1 Å². The van der Waals surface area contributed by atoms with Gasteiger partial charge in [0.1, 0.15) is 12.3 Å². The number of anilines is 1. The number of quaternary nitrogens is 1. The quantitative estimate of drug-likeness (QED) is 0.913. The third kappa shape index (κ3) is 3.60. The summed E-state index contributed by atoms with van der Waals surface area (Å²) in [6, 6.07) is 12.3. The molecule has 2 heterocycles. The maximum Gasteiger partial charge on any atom is 0.169 e. The van der Waals surface area contributed by atoms with Gasteiger partial charge in [-0.25, -0.2) is 0 Å². The number of ether oxygens (including phenoxy) is 1. The highest BCUT2D eigenvalue weighted by atomic mass is 79.9. The molecule has 1 N–H and O–H groups in total. The monoisotopic (exact) mass is 351 g/mol. The molecule has 0 atom stereocenters. The summed E-state index contributed by atoms with van der Waals surface area (Å²) in [5.74, 6) is 1.96. The smallest absolute Gasteiger partial charge is 0.169 e. The first-order chi connectivity index (χ1) is 10.2.